The van der Waals surface area contributed by atoms with Gasteiger partial charge in [0.25, 0.3) is 0 Å². The highest BCUT2D eigenvalue weighted by molar-refractivity contribution is 8.09. The molecule has 0 spiro atoms. The number of hydrogen-bond donors (Lipinski definition) is 1. The second kappa shape index (κ2) is 8.41. The number of rotatable bonds is 5. The van der Waals surface area contributed by atoms with Crippen molar-refractivity contribution in [2.45, 2.75) is 78.7 Å². The minimum atomic E-state index is -2.81. The molecule has 0 radical (unpaired) electrons. The van der Waals surface area contributed by atoms with Crippen LogP contribution >= 0.6 is 6.64 Å². The maximum absolute atomic E-state index is 6.24. The molecule has 0 aliphatic rings. The van der Waals surface area contributed by atoms with Crippen LogP contribution in [-0.2, 0) is 22.6 Å². The van der Waals surface area contributed by atoms with Gasteiger partial charge in [-0.15, -0.1) is 0 Å². The number of nitrogens with one attached hydrogen (secondary N) is 1. The van der Waals surface area contributed by atoms with Crippen LogP contribution < -0.4 is 14.1 Å². The first-order chi connectivity index (χ1) is 13.1. The average Bonchev–Trinajstić information content (AvgIpc) is 2.52. The highest BCUT2D eigenvalue weighted by Gasteiger charge is 2.29. The van der Waals surface area contributed by atoms with E-state index in [0.29, 0.717) is 11.5 Å². The zero-order valence-electron chi connectivity index (χ0n) is 19.3. The number of hydrogen-bond acceptors (Lipinski definition) is 3. The molecular formula is C24H36NO2PS. The van der Waals surface area contributed by atoms with Crippen LogP contribution in [0.4, 0.5) is 0 Å². The predicted octanol–water partition coefficient (Wildman–Crippen LogP) is 7.35. The van der Waals surface area contributed by atoms with Crippen LogP contribution in [0.25, 0.3) is 0 Å². The lowest BCUT2D eigenvalue weighted by atomic mass is 9.87. The van der Waals surface area contributed by atoms with Crippen molar-refractivity contribution in [2.24, 2.45) is 0 Å². The van der Waals surface area contributed by atoms with E-state index in [1.165, 1.54) is 11.1 Å². The fraction of sp³-hybridized carbons (Fsp3) is 0.500. The Balaban J connectivity index is 2.27. The molecule has 160 valence electrons. The number of benzene rings is 2. The van der Waals surface area contributed by atoms with Gasteiger partial charge in [0.2, 0.25) is 0 Å². The van der Waals surface area contributed by atoms with Crippen molar-refractivity contribution in [3.05, 3.63) is 59.7 Å². The highest BCUT2D eigenvalue weighted by Crippen LogP contribution is 2.47. The molecule has 0 aromatic heterocycles. The summed E-state index contributed by atoms with van der Waals surface area (Å²) in [6.45, 7) is 16.5. The summed E-state index contributed by atoms with van der Waals surface area (Å²) in [7, 11) is 0. The Morgan fingerprint density at radius 1 is 0.621 bits per heavy atom. The summed E-state index contributed by atoms with van der Waals surface area (Å²) in [6.07, 6.45) is 0. The molecule has 2 rings (SSSR count). The lowest BCUT2D eigenvalue weighted by Crippen LogP contribution is -2.36. The van der Waals surface area contributed by atoms with Gasteiger partial charge >= 0.3 is 6.64 Å². The molecule has 29 heavy (non-hydrogen) atoms. The second-order valence-electron chi connectivity index (χ2n) is 10.6. The Hall–Kier alpha value is -1.35. The Kier molecular flexibility index (Phi) is 6.94. The molecule has 0 aliphatic carbocycles. The van der Waals surface area contributed by atoms with E-state index in [1.54, 1.807) is 0 Å². The van der Waals surface area contributed by atoms with Crippen LogP contribution in [-0.4, -0.2) is 5.54 Å². The maximum atomic E-state index is 6.24. The Morgan fingerprint density at radius 2 is 0.931 bits per heavy atom. The first-order valence-corrected chi connectivity index (χ1v) is 12.7. The molecule has 0 unspecified atom stereocenters. The third-order valence-corrected chi connectivity index (χ3v) is 6.93. The maximum Gasteiger partial charge on any atom is 0.365 e. The molecule has 2 aromatic rings. The van der Waals surface area contributed by atoms with Gasteiger partial charge in [-0.1, -0.05) is 65.8 Å². The summed E-state index contributed by atoms with van der Waals surface area (Å²) >= 11 is 5.88. The molecule has 0 saturated carbocycles. The summed E-state index contributed by atoms with van der Waals surface area (Å²) in [5.41, 5.74) is 2.44. The Labute approximate surface area is 182 Å². The lowest BCUT2D eigenvalue weighted by molar-refractivity contribution is 0.423. The zero-order valence-corrected chi connectivity index (χ0v) is 21.0. The molecular weight excluding hydrogens is 397 g/mol. The first kappa shape index (κ1) is 23.9. The Morgan fingerprint density at radius 3 is 1.17 bits per heavy atom. The monoisotopic (exact) mass is 433 g/mol. The van der Waals surface area contributed by atoms with Gasteiger partial charge in [-0.25, -0.2) is 5.09 Å². The highest BCUT2D eigenvalue weighted by atomic mass is 32.5. The third kappa shape index (κ3) is 7.44. The zero-order chi connectivity index (χ0) is 22.1. The predicted molar refractivity (Wildman–Crippen MR) is 129 cm³/mol. The molecule has 1 N–H and O–H groups in total. The van der Waals surface area contributed by atoms with Gasteiger partial charge in [-0.2, -0.15) is 0 Å². The second-order valence-corrected chi connectivity index (χ2v) is 13.6. The largest absolute Gasteiger partial charge is 0.425 e. The molecule has 3 nitrogen and oxygen atoms in total. The molecule has 0 saturated heterocycles. The lowest BCUT2D eigenvalue weighted by Gasteiger charge is -2.31. The SMILES string of the molecule is CC(C)(C)NP(=S)(Oc1ccc(C(C)(C)C)cc1)Oc1ccc(C(C)(C)C)cc1. The minimum absolute atomic E-state index is 0.0910. The van der Waals surface area contributed by atoms with Crippen LogP contribution in [0, 0.1) is 0 Å². The molecule has 0 heterocycles. The molecule has 0 amide bonds. The van der Waals surface area contributed by atoms with Gasteiger partial charge in [0.15, 0.2) is 0 Å². The van der Waals surface area contributed by atoms with E-state index >= 15 is 0 Å². The third-order valence-electron chi connectivity index (χ3n) is 4.36. The molecule has 2 aromatic carbocycles. The van der Waals surface area contributed by atoms with Crippen molar-refractivity contribution in [3.8, 4) is 11.5 Å². The first-order valence-electron chi connectivity index (χ1n) is 10.1. The summed E-state index contributed by atoms with van der Waals surface area (Å²) in [5.74, 6) is 1.42. The van der Waals surface area contributed by atoms with E-state index < -0.39 is 6.64 Å². The van der Waals surface area contributed by atoms with E-state index in [2.05, 4.69) is 91.7 Å². The summed E-state index contributed by atoms with van der Waals surface area (Å²) in [5, 5.41) is 3.40. The van der Waals surface area contributed by atoms with Crippen LogP contribution in [0.3, 0.4) is 0 Å². The molecule has 5 heteroatoms. The van der Waals surface area contributed by atoms with Crippen LogP contribution in [0.1, 0.15) is 73.4 Å². The van der Waals surface area contributed by atoms with Gasteiger partial charge in [0.1, 0.15) is 11.5 Å². The van der Waals surface area contributed by atoms with Crippen molar-refractivity contribution in [1.82, 2.24) is 5.09 Å². The topological polar surface area (TPSA) is 30.5 Å². The quantitative estimate of drug-likeness (QED) is 0.499. The average molecular weight is 434 g/mol. The Bertz CT molecular complexity index is 791. The van der Waals surface area contributed by atoms with Crippen molar-refractivity contribution < 1.29 is 9.05 Å². The smallest absolute Gasteiger partial charge is 0.365 e. The van der Waals surface area contributed by atoms with E-state index in [-0.39, 0.29) is 16.4 Å². The summed E-state index contributed by atoms with van der Waals surface area (Å²) < 4.78 is 12.5. The van der Waals surface area contributed by atoms with Crippen LogP contribution in [0.5, 0.6) is 11.5 Å². The van der Waals surface area contributed by atoms with Gasteiger partial charge < -0.3 is 9.05 Å². The minimum Gasteiger partial charge on any atom is -0.425 e. The molecule has 0 atom stereocenters. The van der Waals surface area contributed by atoms with Crippen LogP contribution in [0.2, 0.25) is 0 Å². The van der Waals surface area contributed by atoms with E-state index in [9.17, 15) is 0 Å². The fourth-order valence-corrected chi connectivity index (χ4v) is 5.87. The van der Waals surface area contributed by atoms with E-state index in [4.69, 9.17) is 20.9 Å². The van der Waals surface area contributed by atoms with Crippen molar-refractivity contribution in [2.75, 3.05) is 0 Å². The standard InChI is InChI=1S/C24H36NO2PS/c1-22(2,3)18-10-14-20(15-11-18)26-28(29,25-24(7,8)9)27-21-16-12-19(13-17-21)23(4,5)6/h10-17H,1-9H3,(H,25,29). The molecule has 0 fully saturated rings. The summed E-state index contributed by atoms with van der Waals surface area (Å²) in [6, 6.07) is 16.2. The van der Waals surface area contributed by atoms with Crippen molar-refractivity contribution in [1.29, 1.82) is 0 Å². The normalized spacial score (nSPS) is 13.3. The van der Waals surface area contributed by atoms with Crippen LogP contribution in [0.15, 0.2) is 48.5 Å². The molecule has 0 bridgehead atoms. The van der Waals surface area contributed by atoms with Gasteiger partial charge in [-0.05, 0) is 67.0 Å². The van der Waals surface area contributed by atoms with Crippen molar-refractivity contribution >= 4 is 18.4 Å². The van der Waals surface area contributed by atoms with Gasteiger partial charge in [0.05, 0.1) is 0 Å². The fourth-order valence-electron chi connectivity index (χ4n) is 2.78. The van der Waals surface area contributed by atoms with Gasteiger partial charge in [-0.3, -0.25) is 0 Å². The van der Waals surface area contributed by atoms with Crippen molar-refractivity contribution in [3.63, 3.8) is 0 Å². The van der Waals surface area contributed by atoms with E-state index in [0.717, 1.165) is 0 Å². The summed E-state index contributed by atoms with van der Waals surface area (Å²) in [4.78, 5) is 0. The molecule has 0 aliphatic heterocycles. The van der Waals surface area contributed by atoms with E-state index in [1.807, 2.05) is 24.3 Å². The van der Waals surface area contributed by atoms with Gasteiger partial charge in [0, 0.05) is 17.3 Å².